The summed E-state index contributed by atoms with van der Waals surface area (Å²) in [4.78, 5) is 13.0. The number of halogens is 1. The van der Waals surface area contributed by atoms with E-state index in [1.54, 1.807) is 66.7 Å². The van der Waals surface area contributed by atoms with Gasteiger partial charge in [0.1, 0.15) is 0 Å². The molecule has 0 aliphatic carbocycles. The molecule has 0 atom stereocenters. The molecule has 0 saturated heterocycles. The number of sulfonamides is 1. The third-order valence-corrected chi connectivity index (χ3v) is 6.76. The molecule has 0 spiro atoms. The van der Waals surface area contributed by atoms with Crippen LogP contribution in [0.15, 0.2) is 84.3 Å². The molecule has 146 valence electrons. The third-order valence-electron chi connectivity index (χ3n) is 4.67. The molecular weight excluding hydrogens is 408 g/mol. The monoisotopic (exact) mass is 424 g/mol. The molecule has 3 aromatic rings. The van der Waals surface area contributed by atoms with Gasteiger partial charge in [-0.3, -0.25) is 9.10 Å². The first-order chi connectivity index (χ1) is 13.9. The molecule has 1 amide bonds. The number of hydrogen-bond donors (Lipinski definition) is 1. The number of carbonyl (C=O) groups is 1. The second-order valence-corrected chi connectivity index (χ2v) is 8.78. The molecule has 0 saturated carbocycles. The Kier molecular flexibility index (Phi) is 4.90. The quantitative estimate of drug-likeness (QED) is 0.602. The molecule has 4 rings (SSSR count). The molecule has 1 N–H and O–H groups in total. The predicted molar refractivity (Wildman–Crippen MR) is 116 cm³/mol. The van der Waals surface area contributed by atoms with Crippen molar-refractivity contribution in [1.29, 1.82) is 0 Å². The zero-order chi connectivity index (χ0) is 20.6. The fraction of sp³-hybridized carbons (Fsp3) is 0.0455. The van der Waals surface area contributed by atoms with Crippen molar-refractivity contribution in [2.45, 2.75) is 4.90 Å². The minimum Gasteiger partial charge on any atom is -0.322 e. The van der Waals surface area contributed by atoms with Crippen molar-refractivity contribution >= 4 is 38.9 Å². The van der Waals surface area contributed by atoms with Crippen LogP contribution in [0.5, 0.6) is 0 Å². The Balaban J connectivity index is 1.79. The van der Waals surface area contributed by atoms with Crippen molar-refractivity contribution < 1.29 is 13.2 Å². The predicted octanol–water partition coefficient (Wildman–Crippen LogP) is 4.95. The molecule has 1 aliphatic rings. The summed E-state index contributed by atoms with van der Waals surface area (Å²) in [5.41, 5.74) is 2.82. The van der Waals surface area contributed by atoms with Crippen LogP contribution in [0.25, 0.3) is 11.1 Å². The van der Waals surface area contributed by atoms with Gasteiger partial charge in [-0.2, -0.15) is 0 Å². The number of anilines is 2. The van der Waals surface area contributed by atoms with Crippen molar-refractivity contribution in [3.05, 3.63) is 90.0 Å². The SMILES string of the molecule is C=CCN1c2ccc(C(=O)Nc3ccc(Cl)cc3)cc2-c2ccccc2S1(=O)=O. The Morgan fingerprint density at radius 2 is 1.76 bits per heavy atom. The van der Waals surface area contributed by atoms with Crippen molar-refractivity contribution in [3.8, 4) is 11.1 Å². The normalized spacial score (nSPS) is 13.9. The standard InChI is InChI=1S/C22H17ClN2O3S/c1-2-13-25-20-12-7-15(22(26)24-17-10-8-16(23)9-11-17)14-19(20)18-5-3-4-6-21(18)29(25,27)28/h2-12,14H,1,13H2,(H,24,26). The number of fused-ring (bicyclic) bond motifs is 3. The molecule has 0 radical (unpaired) electrons. The molecule has 0 fully saturated rings. The zero-order valence-electron chi connectivity index (χ0n) is 15.3. The molecule has 0 unspecified atom stereocenters. The summed E-state index contributed by atoms with van der Waals surface area (Å²) in [5, 5.41) is 3.40. The maximum atomic E-state index is 13.0. The lowest BCUT2D eigenvalue weighted by atomic mass is 10.00. The molecular formula is C22H17ClN2O3S. The number of rotatable bonds is 4. The van der Waals surface area contributed by atoms with Crippen LogP contribution >= 0.6 is 11.6 Å². The highest BCUT2D eigenvalue weighted by Gasteiger charge is 2.34. The van der Waals surface area contributed by atoms with Crippen molar-refractivity contribution in [2.75, 3.05) is 16.2 Å². The minimum absolute atomic E-state index is 0.139. The van der Waals surface area contributed by atoms with Gasteiger partial charge in [0.25, 0.3) is 15.9 Å². The van der Waals surface area contributed by atoms with E-state index in [0.717, 1.165) is 0 Å². The van der Waals surface area contributed by atoms with Gasteiger partial charge in [0.15, 0.2) is 0 Å². The number of nitrogens with zero attached hydrogens (tertiary/aromatic N) is 1. The smallest absolute Gasteiger partial charge is 0.265 e. The summed E-state index contributed by atoms with van der Waals surface area (Å²) in [6, 6.07) is 18.6. The highest BCUT2D eigenvalue weighted by molar-refractivity contribution is 7.93. The van der Waals surface area contributed by atoms with Gasteiger partial charge in [-0.15, -0.1) is 6.58 Å². The van der Waals surface area contributed by atoms with Gasteiger partial charge in [0.2, 0.25) is 0 Å². The Labute approximate surface area is 174 Å². The molecule has 0 bridgehead atoms. The second kappa shape index (κ2) is 7.39. The maximum absolute atomic E-state index is 13.0. The van der Waals surface area contributed by atoms with Crippen LogP contribution in [0.3, 0.4) is 0 Å². The highest BCUT2D eigenvalue weighted by atomic mass is 35.5. The van der Waals surface area contributed by atoms with E-state index >= 15 is 0 Å². The lowest BCUT2D eigenvalue weighted by Crippen LogP contribution is -2.34. The van der Waals surface area contributed by atoms with Crippen LogP contribution in [0.2, 0.25) is 5.02 Å². The van der Waals surface area contributed by atoms with Gasteiger partial charge in [0.05, 0.1) is 17.1 Å². The lowest BCUT2D eigenvalue weighted by Gasteiger charge is -2.31. The summed E-state index contributed by atoms with van der Waals surface area (Å²) in [6.45, 7) is 3.81. The first-order valence-corrected chi connectivity index (χ1v) is 10.7. The van der Waals surface area contributed by atoms with E-state index in [0.29, 0.717) is 33.1 Å². The van der Waals surface area contributed by atoms with Gasteiger partial charge < -0.3 is 5.32 Å². The van der Waals surface area contributed by atoms with E-state index in [1.807, 2.05) is 0 Å². The maximum Gasteiger partial charge on any atom is 0.265 e. The van der Waals surface area contributed by atoms with Gasteiger partial charge in [-0.05, 0) is 48.5 Å². The van der Waals surface area contributed by atoms with E-state index in [9.17, 15) is 13.2 Å². The molecule has 5 nitrogen and oxygen atoms in total. The van der Waals surface area contributed by atoms with Crippen molar-refractivity contribution in [1.82, 2.24) is 0 Å². The topological polar surface area (TPSA) is 66.5 Å². The number of nitrogens with one attached hydrogen (secondary N) is 1. The fourth-order valence-electron chi connectivity index (χ4n) is 3.32. The average molecular weight is 425 g/mol. The van der Waals surface area contributed by atoms with E-state index in [1.165, 1.54) is 10.4 Å². The van der Waals surface area contributed by atoms with Crippen LogP contribution in [0.1, 0.15) is 10.4 Å². The van der Waals surface area contributed by atoms with Crippen molar-refractivity contribution in [2.24, 2.45) is 0 Å². The third kappa shape index (κ3) is 3.41. The first-order valence-electron chi connectivity index (χ1n) is 8.86. The van der Waals surface area contributed by atoms with Crippen molar-refractivity contribution in [3.63, 3.8) is 0 Å². The molecule has 0 aromatic heterocycles. The van der Waals surface area contributed by atoms with Gasteiger partial charge in [-0.25, -0.2) is 8.42 Å². The van der Waals surface area contributed by atoms with Crippen LogP contribution in [0, 0.1) is 0 Å². The van der Waals surface area contributed by atoms with Crippen LogP contribution in [0.4, 0.5) is 11.4 Å². The Hall–Kier alpha value is -3.09. The Morgan fingerprint density at radius 3 is 2.48 bits per heavy atom. The van der Waals surface area contributed by atoms with Crippen LogP contribution < -0.4 is 9.62 Å². The number of benzene rings is 3. The molecule has 3 aromatic carbocycles. The lowest BCUT2D eigenvalue weighted by molar-refractivity contribution is 0.102. The van der Waals surface area contributed by atoms with E-state index in [-0.39, 0.29) is 17.3 Å². The number of hydrogen-bond acceptors (Lipinski definition) is 3. The summed E-state index contributed by atoms with van der Waals surface area (Å²) >= 11 is 5.88. The van der Waals surface area contributed by atoms with Crippen LogP contribution in [-0.2, 0) is 10.0 Å². The van der Waals surface area contributed by atoms with E-state index < -0.39 is 10.0 Å². The summed E-state index contributed by atoms with van der Waals surface area (Å²) < 4.78 is 27.4. The number of carbonyl (C=O) groups excluding carboxylic acids is 1. The molecule has 1 aliphatic heterocycles. The Bertz CT molecular complexity index is 1220. The molecule has 29 heavy (non-hydrogen) atoms. The van der Waals surface area contributed by atoms with E-state index in [2.05, 4.69) is 11.9 Å². The number of amides is 1. The minimum atomic E-state index is -3.70. The Morgan fingerprint density at radius 1 is 1.03 bits per heavy atom. The zero-order valence-corrected chi connectivity index (χ0v) is 16.9. The largest absolute Gasteiger partial charge is 0.322 e. The second-order valence-electron chi connectivity index (χ2n) is 6.51. The summed E-state index contributed by atoms with van der Waals surface area (Å²) in [5.74, 6) is -0.295. The van der Waals surface area contributed by atoms with Gasteiger partial charge in [0, 0.05) is 27.4 Å². The van der Waals surface area contributed by atoms with Gasteiger partial charge >= 0.3 is 0 Å². The fourth-order valence-corrected chi connectivity index (χ4v) is 5.11. The summed E-state index contributed by atoms with van der Waals surface area (Å²) in [7, 11) is -3.70. The van der Waals surface area contributed by atoms with Gasteiger partial charge in [-0.1, -0.05) is 35.9 Å². The van der Waals surface area contributed by atoms with E-state index in [4.69, 9.17) is 11.6 Å². The first kappa shape index (κ1) is 19.2. The molecule has 1 heterocycles. The average Bonchev–Trinajstić information content (AvgIpc) is 2.72. The summed E-state index contributed by atoms with van der Waals surface area (Å²) in [6.07, 6.45) is 1.54. The highest BCUT2D eigenvalue weighted by Crippen LogP contribution is 2.43. The van der Waals surface area contributed by atoms with Crippen LogP contribution in [-0.4, -0.2) is 20.9 Å². The molecule has 7 heteroatoms.